The first-order valence-electron chi connectivity index (χ1n) is 17.0. The van der Waals surface area contributed by atoms with E-state index < -0.39 is 39.0 Å². The van der Waals surface area contributed by atoms with Crippen molar-refractivity contribution in [3.8, 4) is 11.8 Å². The van der Waals surface area contributed by atoms with Gasteiger partial charge in [0, 0.05) is 61.9 Å². The van der Waals surface area contributed by atoms with Crippen LogP contribution < -0.4 is 5.32 Å². The number of hydrogen-bond acceptors (Lipinski definition) is 9. The van der Waals surface area contributed by atoms with Gasteiger partial charge in [0.05, 0.1) is 19.3 Å². The highest BCUT2D eigenvalue weighted by molar-refractivity contribution is 7.47. The first kappa shape index (κ1) is 38.2. The minimum atomic E-state index is -4.48. The van der Waals surface area contributed by atoms with Crippen LogP contribution in [-0.2, 0) is 34.4 Å². The van der Waals surface area contributed by atoms with Gasteiger partial charge < -0.3 is 30.1 Å². The molecule has 4 rings (SSSR count). The molecule has 1 fully saturated rings. The molecule has 13 heteroatoms. The molecule has 2 aromatic rings. The highest BCUT2D eigenvalue weighted by Crippen LogP contribution is 2.46. The van der Waals surface area contributed by atoms with E-state index in [-0.39, 0.29) is 37.7 Å². The van der Waals surface area contributed by atoms with Crippen LogP contribution in [0, 0.1) is 11.8 Å². The van der Waals surface area contributed by atoms with Gasteiger partial charge >= 0.3 is 13.9 Å². The lowest BCUT2D eigenvalue weighted by atomic mass is 9.92. The SMILES string of the molecule is O=C(CCCCCCC(=O)N1C[C@H](O)C[C@H]1OP(=O)(O)OCCO)CCCCCNC(=O)OC1Cc2ccccc2C#Cc2ccccc21. The number of phosphoric ester groups is 1. The summed E-state index contributed by atoms with van der Waals surface area (Å²) in [5.41, 5.74) is 3.70. The highest BCUT2D eigenvalue weighted by Gasteiger charge is 2.39. The van der Waals surface area contributed by atoms with Gasteiger partial charge in [-0.25, -0.2) is 9.36 Å². The molecule has 2 aliphatic rings. The zero-order valence-electron chi connectivity index (χ0n) is 27.8. The Morgan fingerprint density at radius 3 is 2.31 bits per heavy atom. The molecule has 0 radical (unpaired) electrons. The molecule has 4 N–H and O–H groups in total. The van der Waals surface area contributed by atoms with Crippen molar-refractivity contribution in [2.75, 3.05) is 26.3 Å². The third kappa shape index (κ3) is 12.7. The maximum Gasteiger partial charge on any atom is 0.474 e. The molecule has 4 atom stereocenters. The number of hydrogen-bond donors (Lipinski definition) is 4. The summed E-state index contributed by atoms with van der Waals surface area (Å²) in [5.74, 6) is 6.33. The number of alkyl carbamates (subject to hydrolysis) is 1. The summed E-state index contributed by atoms with van der Waals surface area (Å²) in [7, 11) is -4.48. The summed E-state index contributed by atoms with van der Waals surface area (Å²) >= 11 is 0. The van der Waals surface area contributed by atoms with Crippen LogP contribution in [0.4, 0.5) is 4.79 Å². The van der Waals surface area contributed by atoms with E-state index in [1.165, 1.54) is 4.90 Å². The lowest BCUT2D eigenvalue weighted by Crippen LogP contribution is -2.37. The Labute approximate surface area is 287 Å². The molecule has 1 saturated heterocycles. The number of rotatable bonds is 19. The fourth-order valence-corrected chi connectivity index (χ4v) is 6.83. The number of aliphatic hydroxyl groups is 2. The van der Waals surface area contributed by atoms with Crippen molar-refractivity contribution in [1.82, 2.24) is 10.2 Å². The molecule has 2 aromatic carbocycles. The van der Waals surface area contributed by atoms with E-state index in [0.717, 1.165) is 60.8 Å². The zero-order valence-corrected chi connectivity index (χ0v) is 28.7. The van der Waals surface area contributed by atoms with Crippen LogP contribution in [0.3, 0.4) is 0 Å². The molecule has 266 valence electrons. The van der Waals surface area contributed by atoms with E-state index in [4.69, 9.17) is 14.4 Å². The Kier molecular flexibility index (Phi) is 15.3. The molecule has 2 unspecified atom stereocenters. The van der Waals surface area contributed by atoms with Gasteiger partial charge in [0.25, 0.3) is 0 Å². The van der Waals surface area contributed by atoms with Crippen molar-refractivity contribution in [1.29, 1.82) is 0 Å². The summed E-state index contributed by atoms with van der Waals surface area (Å²) in [4.78, 5) is 48.7. The van der Waals surface area contributed by atoms with Gasteiger partial charge in [-0.1, -0.05) is 67.5 Å². The number of ketones is 1. The number of ether oxygens (including phenoxy) is 1. The van der Waals surface area contributed by atoms with E-state index in [9.17, 15) is 28.9 Å². The van der Waals surface area contributed by atoms with Crippen LogP contribution in [0.5, 0.6) is 0 Å². The van der Waals surface area contributed by atoms with Crippen LogP contribution >= 0.6 is 7.82 Å². The average Bonchev–Trinajstić information content (AvgIpc) is 3.44. The lowest BCUT2D eigenvalue weighted by molar-refractivity contribution is -0.137. The van der Waals surface area contributed by atoms with E-state index in [1.54, 1.807) is 0 Å². The normalized spacial score (nSPS) is 19.3. The van der Waals surface area contributed by atoms with Gasteiger partial charge in [-0.15, -0.1) is 0 Å². The van der Waals surface area contributed by atoms with Gasteiger partial charge in [0.15, 0.2) is 0 Å². The molecule has 1 aliphatic heterocycles. The summed E-state index contributed by atoms with van der Waals surface area (Å²) in [6.07, 6.45) is 3.90. The predicted molar refractivity (Wildman–Crippen MR) is 181 cm³/mol. The van der Waals surface area contributed by atoms with Crippen molar-refractivity contribution >= 4 is 25.6 Å². The van der Waals surface area contributed by atoms with Gasteiger partial charge in [0.1, 0.15) is 18.1 Å². The Balaban J connectivity index is 1.04. The fourth-order valence-electron chi connectivity index (χ4n) is 5.95. The third-order valence-corrected chi connectivity index (χ3v) is 9.48. The quantitative estimate of drug-likeness (QED) is 0.0896. The Hall–Kier alpha value is -3.56. The molecule has 1 aliphatic carbocycles. The highest BCUT2D eigenvalue weighted by atomic mass is 31.2. The molecular formula is C36H47N2O10P. The number of benzene rings is 2. The van der Waals surface area contributed by atoms with Crippen molar-refractivity contribution < 1.29 is 47.8 Å². The number of fused-ring (bicyclic) bond motifs is 2. The van der Waals surface area contributed by atoms with Crippen LogP contribution in [0.1, 0.15) is 99.0 Å². The van der Waals surface area contributed by atoms with Gasteiger partial charge in [-0.05, 0) is 43.4 Å². The minimum absolute atomic E-state index is 0.000895. The van der Waals surface area contributed by atoms with Gasteiger partial charge in [-0.3, -0.25) is 18.6 Å². The summed E-state index contributed by atoms with van der Waals surface area (Å²) < 4.78 is 27.5. The number of amides is 2. The lowest BCUT2D eigenvalue weighted by Gasteiger charge is -2.25. The number of aliphatic hydroxyl groups excluding tert-OH is 2. The number of Topliss-reactive ketones (excluding diaryl/α,β-unsaturated/α-hetero) is 1. The van der Waals surface area contributed by atoms with E-state index >= 15 is 0 Å². The number of nitrogens with one attached hydrogen (secondary N) is 1. The molecular weight excluding hydrogens is 651 g/mol. The van der Waals surface area contributed by atoms with E-state index in [0.29, 0.717) is 32.2 Å². The van der Waals surface area contributed by atoms with Gasteiger partial charge in [-0.2, -0.15) is 0 Å². The van der Waals surface area contributed by atoms with Crippen molar-refractivity contribution in [2.24, 2.45) is 0 Å². The third-order valence-electron chi connectivity index (χ3n) is 8.46. The smallest absolute Gasteiger partial charge is 0.441 e. The second-order valence-corrected chi connectivity index (χ2v) is 13.7. The zero-order chi connectivity index (χ0) is 35.1. The summed E-state index contributed by atoms with van der Waals surface area (Å²) in [6.45, 7) is -0.396. The fraction of sp³-hybridized carbons (Fsp3) is 0.528. The molecule has 0 aromatic heterocycles. The van der Waals surface area contributed by atoms with Crippen LogP contribution in [0.15, 0.2) is 48.5 Å². The number of unbranched alkanes of at least 4 members (excludes halogenated alkanes) is 5. The summed E-state index contributed by atoms with van der Waals surface area (Å²) in [5, 5.41) is 21.6. The number of carbonyl (C=O) groups excluding carboxylic acids is 3. The number of carbonyl (C=O) groups is 3. The van der Waals surface area contributed by atoms with Crippen LogP contribution in [-0.4, -0.2) is 76.4 Å². The van der Waals surface area contributed by atoms with E-state index in [2.05, 4.69) is 21.7 Å². The monoisotopic (exact) mass is 698 g/mol. The Morgan fingerprint density at radius 1 is 0.898 bits per heavy atom. The van der Waals surface area contributed by atoms with Gasteiger partial charge in [0.2, 0.25) is 5.91 Å². The van der Waals surface area contributed by atoms with Crippen LogP contribution in [0.25, 0.3) is 0 Å². The van der Waals surface area contributed by atoms with Crippen molar-refractivity contribution in [3.05, 3.63) is 70.8 Å². The molecule has 49 heavy (non-hydrogen) atoms. The standard InChI is InChI=1S/C36H47N2O10P/c39-22-23-46-49(44,45)48-35-25-31(41)26-38(35)34(42)18-6-2-1-4-15-30(40)16-5-3-11-21-37-36(43)47-33-24-29-14-8-7-12-27(29)19-20-28-13-9-10-17-32(28)33/h7-10,12-14,17,31,33,35,39,41H,1-6,11,15-16,18,21-26H2,(H,37,43)(H,44,45)/t31-,33?,35-/m1/s1. The molecule has 0 bridgehead atoms. The number of phosphoric acid groups is 1. The van der Waals surface area contributed by atoms with E-state index in [1.807, 2.05) is 48.5 Å². The Morgan fingerprint density at radius 2 is 1.55 bits per heavy atom. The molecule has 1 heterocycles. The number of β-amino-alcohol motifs (C(OH)–C–C–N with tert-alkyl or cyclic N) is 1. The van der Waals surface area contributed by atoms with Crippen molar-refractivity contribution in [3.63, 3.8) is 0 Å². The first-order chi connectivity index (χ1) is 23.6. The molecule has 12 nitrogen and oxygen atoms in total. The number of likely N-dealkylation sites (tertiary alicyclic amines) is 1. The molecule has 0 spiro atoms. The molecule has 2 amide bonds. The topological polar surface area (TPSA) is 172 Å². The maximum absolute atomic E-state index is 12.7. The Bertz CT molecular complexity index is 1520. The minimum Gasteiger partial charge on any atom is -0.441 e. The number of nitrogens with zero attached hydrogens (tertiary/aromatic N) is 1. The predicted octanol–water partition coefficient (Wildman–Crippen LogP) is 4.93. The summed E-state index contributed by atoms with van der Waals surface area (Å²) in [6, 6.07) is 15.6. The largest absolute Gasteiger partial charge is 0.474 e. The molecule has 0 saturated carbocycles. The van der Waals surface area contributed by atoms with Crippen molar-refractivity contribution in [2.45, 2.75) is 95.5 Å². The first-order valence-corrected chi connectivity index (χ1v) is 18.5. The second kappa shape index (κ2) is 19.6. The maximum atomic E-state index is 12.7. The van der Waals surface area contributed by atoms with Crippen LogP contribution in [0.2, 0.25) is 0 Å². The average molecular weight is 699 g/mol. The second-order valence-electron chi connectivity index (χ2n) is 12.3.